The minimum absolute atomic E-state index is 0.0475. The fourth-order valence-corrected chi connectivity index (χ4v) is 3.15. The molecule has 148 valence electrons. The van der Waals surface area contributed by atoms with Crippen LogP contribution in [0.1, 0.15) is 17.5 Å². The Hall–Kier alpha value is -3.09. The molecule has 6 nitrogen and oxygen atoms in total. The van der Waals surface area contributed by atoms with E-state index in [0.29, 0.717) is 24.5 Å². The zero-order chi connectivity index (χ0) is 20.1. The number of hydrogen-bond donors (Lipinski definition) is 1. The second kappa shape index (κ2) is 8.73. The second-order valence-corrected chi connectivity index (χ2v) is 6.72. The molecule has 1 aliphatic heterocycles. The van der Waals surface area contributed by atoms with E-state index < -0.39 is 11.9 Å². The molecule has 1 aliphatic rings. The molecule has 2 aromatic carbocycles. The summed E-state index contributed by atoms with van der Waals surface area (Å²) in [5.41, 5.74) is 1.71. The Morgan fingerprint density at radius 1 is 1.25 bits per heavy atom. The standard InChI is InChI=1S/C21H22FNO5/c1-27-18-7-4-15(8-9-23-12-16(21(25)26)10-20(23)24)19(11-18)28-13-14-2-5-17(22)6-3-14/h2-7,11,16H,8-10,12-13H2,1H3,(H,25,26). The Labute approximate surface area is 162 Å². The number of rotatable bonds is 8. The van der Waals surface area contributed by atoms with E-state index in [9.17, 15) is 14.0 Å². The van der Waals surface area contributed by atoms with Crippen molar-refractivity contribution >= 4 is 11.9 Å². The first-order valence-electron chi connectivity index (χ1n) is 9.01. The quantitative estimate of drug-likeness (QED) is 0.754. The number of carboxylic acids is 1. The molecular weight excluding hydrogens is 365 g/mol. The van der Waals surface area contributed by atoms with Gasteiger partial charge in [0.25, 0.3) is 0 Å². The fourth-order valence-electron chi connectivity index (χ4n) is 3.15. The summed E-state index contributed by atoms with van der Waals surface area (Å²) in [6.07, 6.45) is 0.576. The van der Waals surface area contributed by atoms with Crippen LogP contribution in [0.3, 0.4) is 0 Å². The van der Waals surface area contributed by atoms with E-state index in [1.54, 1.807) is 30.2 Å². The van der Waals surface area contributed by atoms with Crippen LogP contribution >= 0.6 is 0 Å². The van der Waals surface area contributed by atoms with E-state index in [1.807, 2.05) is 12.1 Å². The number of carbonyl (C=O) groups is 2. The topological polar surface area (TPSA) is 76.1 Å². The molecule has 2 aromatic rings. The van der Waals surface area contributed by atoms with Gasteiger partial charge in [-0.25, -0.2) is 4.39 Å². The van der Waals surface area contributed by atoms with Crippen molar-refractivity contribution in [3.8, 4) is 11.5 Å². The van der Waals surface area contributed by atoms with Crippen molar-refractivity contribution in [2.24, 2.45) is 5.92 Å². The number of methoxy groups -OCH3 is 1. The minimum atomic E-state index is -0.941. The number of carbonyl (C=O) groups excluding carboxylic acids is 1. The Kier molecular flexibility index (Phi) is 6.13. The van der Waals surface area contributed by atoms with Crippen LogP contribution in [0.5, 0.6) is 11.5 Å². The van der Waals surface area contributed by atoms with Gasteiger partial charge in [0.2, 0.25) is 5.91 Å². The van der Waals surface area contributed by atoms with Gasteiger partial charge >= 0.3 is 5.97 Å². The Balaban J connectivity index is 1.67. The van der Waals surface area contributed by atoms with Gasteiger partial charge in [0, 0.05) is 25.6 Å². The summed E-state index contributed by atoms with van der Waals surface area (Å²) in [6.45, 7) is 0.919. The highest BCUT2D eigenvalue weighted by Crippen LogP contribution is 2.27. The van der Waals surface area contributed by atoms with E-state index in [1.165, 1.54) is 12.1 Å². The maximum Gasteiger partial charge on any atom is 0.308 e. The highest BCUT2D eigenvalue weighted by Gasteiger charge is 2.33. The highest BCUT2D eigenvalue weighted by molar-refractivity contribution is 5.86. The van der Waals surface area contributed by atoms with Gasteiger partial charge < -0.3 is 19.5 Å². The van der Waals surface area contributed by atoms with Gasteiger partial charge in [0.15, 0.2) is 0 Å². The molecule has 1 unspecified atom stereocenters. The van der Waals surface area contributed by atoms with E-state index in [2.05, 4.69) is 0 Å². The van der Waals surface area contributed by atoms with Gasteiger partial charge in [-0.05, 0) is 35.7 Å². The Morgan fingerprint density at radius 2 is 2.00 bits per heavy atom. The maximum atomic E-state index is 13.0. The lowest BCUT2D eigenvalue weighted by atomic mass is 10.1. The Morgan fingerprint density at radius 3 is 2.64 bits per heavy atom. The summed E-state index contributed by atoms with van der Waals surface area (Å²) in [5.74, 6) is -0.775. The second-order valence-electron chi connectivity index (χ2n) is 6.72. The van der Waals surface area contributed by atoms with Crippen LogP contribution in [-0.4, -0.2) is 42.1 Å². The fraction of sp³-hybridized carbons (Fsp3) is 0.333. The molecule has 1 amide bonds. The van der Waals surface area contributed by atoms with Gasteiger partial charge in [-0.2, -0.15) is 0 Å². The zero-order valence-electron chi connectivity index (χ0n) is 15.6. The first kappa shape index (κ1) is 19.7. The normalized spacial score (nSPS) is 16.3. The van der Waals surface area contributed by atoms with Gasteiger partial charge in [0.1, 0.15) is 23.9 Å². The number of benzene rings is 2. The lowest BCUT2D eigenvalue weighted by Crippen LogP contribution is -2.28. The molecule has 0 saturated carbocycles. The largest absolute Gasteiger partial charge is 0.497 e. The minimum Gasteiger partial charge on any atom is -0.497 e. The average Bonchev–Trinajstić information content (AvgIpc) is 3.07. The number of halogens is 1. The van der Waals surface area contributed by atoms with Crippen LogP contribution < -0.4 is 9.47 Å². The third-order valence-corrected chi connectivity index (χ3v) is 4.80. The predicted octanol–water partition coefficient (Wildman–Crippen LogP) is 2.89. The molecular formula is C21H22FNO5. The van der Waals surface area contributed by atoms with Gasteiger partial charge in [-0.3, -0.25) is 9.59 Å². The average molecular weight is 387 g/mol. The van der Waals surface area contributed by atoms with Gasteiger partial charge in [0.05, 0.1) is 13.0 Å². The van der Waals surface area contributed by atoms with Crippen LogP contribution in [-0.2, 0) is 22.6 Å². The highest BCUT2D eigenvalue weighted by atomic mass is 19.1. The van der Waals surface area contributed by atoms with Crippen molar-refractivity contribution in [1.29, 1.82) is 0 Å². The van der Waals surface area contributed by atoms with Crippen molar-refractivity contribution in [1.82, 2.24) is 4.90 Å². The SMILES string of the molecule is COc1ccc(CCN2CC(C(=O)O)CC2=O)c(OCc2ccc(F)cc2)c1. The molecule has 1 heterocycles. The van der Waals surface area contributed by atoms with Crippen LogP contribution in [0.2, 0.25) is 0 Å². The Bertz CT molecular complexity index is 852. The summed E-state index contributed by atoms with van der Waals surface area (Å²) in [6, 6.07) is 11.5. The van der Waals surface area contributed by atoms with Crippen molar-refractivity contribution in [3.63, 3.8) is 0 Å². The number of ether oxygens (including phenoxy) is 2. The van der Waals surface area contributed by atoms with E-state index in [0.717, 1.165) is 11.1 Å². The van der Waals surface area contributed by atoms with Crippen molar-refractivity contribution in [2.75, 3.05) is 20.2 Å². The molecule has 1 fully saturated rings. The van der Waals surface area contributed by atoms with Crippen LogP contribution in [0, 0.1) is 11.7 Å². The lowest BCUT2D eigenvalue weighted by Gasteiger charge is -2.18. The van der Waals surface area contributed by atoms with Gasteiger partial charge in [-0.1, -0.05) is 18.2 Å². The number of aliphatic carboxylic acids is 1. The molecule has 0 radical (unpaired) electrons. The molecule has 0 aliphatic carbocycles. The number of carboxylic acid groups (broad SMARTS) is 1. The number of hydrogen-bond acceptors (Lipinski definition) is 4. The van der Waals surface area contributed by atoms with Crippen molar-refractivity contribution < 1.29 is 28.6 Å². The van der Waals surface area contributed by atoms with Crippen LogP contribution in [0.4, 0.5) is 4.39 Å². The third-order valence-electron chi connectivity index (χ3n) is 4.80. The smallest absolute Gasteiger partial charge is 0.308 e. The van der Waals surface area contributed by atoms with Crippen LogP contribution in [0.25, 0.3) is 0 Å². The summed E-state index contributed by atoms with van der Waals surface area (Å²) < 4.78 is 24.2. The molecule has 0 spiro atoms. The van der Waals surface area contributed by atoms with E-state index >= 15 is 0 Å². The van der Waals surface area contributed by atoms with Gasteiger partial charge in [-0.15, -0.1) is 0 Å². The molecule has 28 heavy (non-hydrogen) atoms. The van der Waals surface area contributed by atoms with Crippen molar-refractivity contribution in [3.05, 3.63) is 59.4 Å². The number of likely N-dealkylation sites (tertiary alicyclic amines) is 1. The molecule has 7 heteroatoms. The summed E-state index contributed by atoms with van der Waals surface area (Å²) >= 11 is 0. The summed E-state index contributed by atoms with van der Waals surface area (Å²) in [5, 5.41) is 9.09. The summed E-state index contributed by atoms with van der Waals surface area (Å²) in [4.78, 5) is 24.7. The first-order valence-corrected chi connectivity index (χ1v) is 9.01. The number of amides is 1. The monoisotopic (exact) mass is 387 g/mol. The predicted molar refractivity (Wildman–Crippen MR) is 99.8 cm³/mol. The zero-order valence-corrected chi connectivity index (χ0v) is 15.6. The van der Waals surface area contributed by atoms with Crippen molar-refractivity contribution in [2.45, 2.75) is 19.4 Å². The summed E-state index contributed by atoms with van der Waals surface area (Å²) in [7, 11) is 1.56. The first-order chi connectivity index (χ1) is 13.5. The van der Waals surface area contributed by atoms with E-state index in [-0.39, 0.29) is 31.3 Å². The number of nitrogens with zero attached hydrogens (tertiary/aromatic N) is 1. The molecule has 3 rings (SSSR count). The van der Waals surface area contributed by atoms with E-state index in [4.69, 9.17) is 14.6 Å². The lowest BCUT2D eigenvalue weighted by molar-refractivity contribution is -0.141. The maximum absolute atomic E-state index is 13.0. The molecule has 1 atom stereocenters. The molecule has 0 bridgehead atoms. The molecule has 1 N–H and O–H groups in total. The molecule has 1 saturated heterocycles. The third kappa shape index (κ3) is 4.79. The van der Waals surface area contributed by atoms with Crippen LogP contribution in [0.15, 0.2) is 42.5 Å². The molecule has 0 aromatic heterocycles.